The molecule has 94 valence electrons. The zero-order chi connectivity index (χ0) is 12.3. The maximum Gasteiger partial charge on any atom is 0.138 e. The highest BCUT2D eigenvalue weighted by Gasteiger charge is 2.32. The molecule has 2 unspecified atom stereocenters. The molecule has 1 aliphatic rings. The van der Waals surface area contributed by atoms with Crippen molar-refractivity contribution < 1.29 is 9.53 Å². The first kappa shape index (κ1) is 13.7. The summed E-state index contributed by atoms with van der Waals surface area (Å²) in [6.07, 6.45) is 3.97. The first-order valence-electron chi connectivity index (χ1n) is 6.42. The van der Waals surface area contributed by atoms with Gasteiger partial charge < -0.3 is 4.74 Å². The number of carbonyl (C=O) groups excluding carboxylic acids is 1. The van der Waals surface area contributed by atoms with E-state index in [0.717, 1.165) is 12.8 Å². The van der Waals surface area contributed by atoms with Gasteiger partial charge in [0.25, 0.3) is 0 Å². The van der Waals surface area contributed by atoms with Crippen LogP contribution in [0, 0.1) is 17.8 Å². The summed E-state index contributed by atoms with van der Waals surface area (Å²) >= 11 is 0. The summed E-state index contributed by atoms with van der Waals surface area (Å²) in [5.41, 5.74) is -0.305. The second-order valence-corrected chi connectivity index (χ2v) is 6.22. The summed E-state index contributed by atoms with van der Waals surface area (Å²) in [4.78, 5) is 12.2. The first-order valence-corrected chi connectivity index (χ1v) is 6.42. The summed E-state index contributed by atoms with van der Waals surface area (Å²) in [6, 6.07) is 0. The highest BCUT2D eigenvalue weighted by Crippen LogP contribution is 2.34. The van der Waals surface area contributed by atoms with Crippen molar-refractivity contribution in [2.45, 2.75) is 59.0 Å². The molecule has 0 saturated heterocycles. The van der Waals surface area contributed by atoms with Crippen molar-refractivity contribution in [3.05, 3.63) is 0 Å². The highest BCUT2D eigenvalue weighted by atomic mass is 16.5. The molecular weight excluding hydrogens is 200 g/mol. The van der Waals surface area contributed by atoms with Crippen molar-refractivity contribution in [2.24, 2.45) is 17.8 Å². The van der Waals surface area contributed by atoms with Crippen molar-refractivity contribution in [1.82, 2.24) is 0 Å². The summed E-state index contributed by atoms with van der Waals surface area (Å²) in [5, 5.41) is 0. The topological polar surface area (TPSA) is 26.3 Å². The van der Waals surface area contributed by atoms with Gasteiger partial charge in [0.15, 0.2) is 0 Å². The lowest BCUT2D eigenvalue weighted by Crippen LogP contribution is -2.33. The number of Topliss-reactive ketones (excluding diaryl/α,β-unsaturated/α-hetero) is 1. The standard InChI is InChI=1S/C14H26O2/c1-10-6-11(2)8-12(7-10)13(15)9-14(3,4)16-5/h10-12H,6-9H2,1-5H3. The Morgan fingerprint density at radius 1 is 1.19 bits per heavy atom. The predicted octanol–water partition coefficient (Wildman–Crippen LogP) is 3.44. The van der Waals surface area contributed by atoms with E-state index in [1.165, 1.54) is 6.42 Å². The van der Waals surface area contributed by atoms with Crippen molar-refractivity contribution >= 4 is 5.78 Å². The van der Waals surface area contributed by atoms with Crippen LogP contribution in [0.5, 0.6) is 0 Å². The zero-order valence-electron chi connectivity index (χ0n) is 11.4. The quantitative estimate of drug-likeness (QED) is 0.734. The maximum atomic E-state index is 12.2. The molecule has 1 rings (SSSR count). The lowest BCUT2D eigenvalue weighted by atomic mass is 9.73. The van der Waals surface area contributed by atoms with Crippen LogP contribution in [0.2, 0.25) is 0 Å². The number of rotatable bonds is 4. The van der Waals surface area contributed by atoms with Crippen LogP contribution in [0.4, 0.5) is 0 Å². The smallest absolute Gasteiger partial charge is 0.138 e. The van der Waals surface area contributed by atoms with E-state index in [1.807, 2.05) is 13.8 Å². The van der Waals surface area contributed by atoms with E-state index in [9.17, 15) is 4.79 Å². The minimum Gasteiger partial charge on any atom is -0.378 e. The molecule has 2 atom stereocenters. The Morgan fingerprint density at radius 3 is 2.12 bits per heavy atom. The number of ketones is 1. The van der Waals surface area contributed by atoms with Gasteiger partial charge in [-0.3, -0.25) is 4.79 Å². The van der Waals surface area contributed by atoms with Gasteiger partial charge in [0, 0.05) is 19.4 Å². The van der Waals surface area contributed by atoms with Gasteiger partial charge in [0.2, 0.25) is 0 Å². The van der Waals surface area contributed by atoms with Gasteiger partial charge in [-0.25, -0.2) is 0 Å². The average Bonchev–Trinajstić information content (AvgIpc) is 2.15. The summed E-state index contributed by atoms with van der Waals surface area (Å²) in [6.45, 7) is 8.50. The van der Waals surface area contributed by atoms with Crippen LogP contribution < -0.4 is 0 Å². The fraction of sp³-hybridized carbons (Fsp3) is 0.929. The molecule has 0 amide bonds. The fourth-order valence-corrected chi connectivity index (χ4v) is 2.85. The van der Waals surface area contributed by atoms with E-state index >= 15 is 0 Å². The summed E-state index contributed by atoms with van der Waals surface area (Å²) in [7, 11) is 1.68. The molecular formula is C14H26O2. The Kier molecular flexibility index (Phi) is 4.54. The number of methoxy groups -OCH3 is 1. The van der Waals surface area contributed by atoms with Crippen LogP contribution in [0.1, 0.15) is 53.4 Å². The molecule has 1 saturated carbocycles. The molecule has 0 aromatic carbocycles. The van der Waals surface area contributed by atoms with Crippen LogP contribution in [0.25, 0.3) is 0 Å². The number of carbonyl (C=O) groups is 1. The van der Waals surface area contributed by atoms with Crippen molar-refractivity contribution in [3.8, 4) is 0 Å². The van der Waals surface area contributed by atoms with Crippen molar-refractivity contribution in [3.63, 3.8) is 0 Å². The Hall–Kier alpha value is -0.370. The van der Waals surface area contributed by atoms with E-state index in [1.54, 1.807) is 7.11 Å². The van der Waals surface area contributed by atoms with Crippen LogP contribution in [-0.2, 0) is 9.53 Å². The lowest BCUT2D eigenvalue weighted by molar-refractivity contribution is -0.129. The SMILES string of the molecule is COC(C)(C)CC(=O)C1CC(C)CC(C)C1. The summed E-state index contributed by atoms with van der Waals surface area (Å²) < 4.78 is 5.33. The van der Waals surface area contributed by atoms with E-state index < -0.39 is 0 Å². The Morgan fingerprint density at radius 2 is 1.69 bits per heavy atom. The molecule has 0 aromatic rings. The fourth-order valence-electron chi connectivity index (χ4n) is 2.85. The Balaban J connectivity index is 2.53. The predicted molar refractivity (Wildman–Crippen MR) is 66.4 cm³/mol. The third-order valence-corrected chi connectivity index (χ3v) is 3.79. The first-order chi connectivity index (χ1) is 7.34. The van der Waals surface area contributed by atoms with Gasteiger partial charge in [-0.15, -0.1) is 0 Å². The second kappa shape index (κ2) is 5.31. The van der Waals surface area contributed by atoms with Crippen molar-refractivity contribution in [2.75, 3.05) is 7.11 Å². The maximum absolute atomic E-state index is 12.2. The van der Waals surface area contributed by atoms with Gasteiger partial charge in [0.1, 0.15) is 5.78 Å². The molecule has 2 heteroatoms. The van der Waals surface area contributed by atoms with E-state index in [0.29, 0.717) is 24.0 Å². The average molecular weight is 226 g/mol. The van der Waals surface area contributed by atoms with Gasteiger partial charge in [-0.05, 0) is 44.9 Å². The highest BCUT2D eigenvalue weighted by molar-refractivity contribution is 5.82. The molecule has 0 aromatic heterocycles. The number of ether oxygens (including phenoxy) is 1. The Bertz CT molecular complexity index is 235. The van der Waals surface area contributed by atoms with E-state index in [2.05, 4.69) is 13.8 Å². The van der Waals surface area contributed by atoms with Gasteiger partial charge in [0.05, 0.1) is 5.60 Å². The van der Waals surface area contributed by atoms with Crippen LogP contribution in [0.15, 0.2) is 0 Å². The van der Waals surface area contributed by atoms with Crippen LogP contribution >= 0.6 is 0 Å². The molecule has 16 heavy (non-hydrogen) atoms. The third-order valence-electron chi connectivity index (χ3n) is 3.79. The van der Waals surface area contributed by atoms with Crippen molar-refractivity contribution in [1.29, 1.82) is 0 Å². The molecule has 0 heterocycles. The van der Waals surface area contributed by atoms with Crippen LogP contribution in [0.3, 0.4) is 0 Å². The van der Waals surface area contributed by atoms with Gasteiger partial charge in [-0.2, -0.15) is 0 Å². The molecule has 0 N–H and O–H groups in total. The second-order valence-electron chi connectivity index (χ2n) is 6.22. The normalized spacial score (nSPS) is 31.4. The molecule has 1 fully saturated rings. The zero-order valence-corrected chi connectivity index (χ0v) is 11.4. The third kappa shape index (κ3) is 3.89. The summed E-state index contributed by atoms with van der Waals surface area (Å²) in [5.74, 6) is 2.06. The van der Waals surface area contributed by atoms with Crippen LogP contribution in [-0.4, -0.2) is 18.5 Å². The van der Waals surface area contributed by atoms with Gasteiger partial charge >= 0.3 is 0 Å². The minimum absolute atomic E-state index is 0.271. The van der Waals surface area contributed by atoms with E-state index in [4.69, 9.17) is 4.74 Å². The molecule has 0 spiro atoms. The molecule has 0 bridgehead atoms. The number of hydrogen-bond donors (Lipinski definition) is 0. The number of hydrogen-bond acceptors (Lipinski definition) is 2. The molecule has 2 nitrogen and oxygen atoms in total. The van der Waals surface area contributed by atoms with Gasteiger partial charge in [-0.1, -0.05) is 13.8 Å². The molecule has 0 radical (unpaired) electrons. The largest absolute Gasteiger partial charge is 0.378 e. The van der Waals surface area contributed by atoms with E-state index in [-0.39, 0.29) is 11.5 Å². The molecule has 0 aliphatic heterocycles. The Labute approximate surface area is 99.8 Å². The molecule has 1 aliphatic carbocycles. The monoisotopic (exact) mass is 226 g/mol. The minimum atomic E-state index is -0.305. The lowest BCUT2D eigenvalue weighted by Gasteiger charge is -2.32.